The molecule has 23 heavy (non-hydrogen) atoms. The van der Waals surface area contributed by atoms with Gasteiger partial charge in [-0.3, -0.25) is 4.90 Å². The van der Waals surface area contributed by atoms with Gasteiger partial charge in [0.15, 0.2) is 11.5 Å². The van der Waals surface area contributed by atoms with Crippen molar-refractivity contribution in [2.45, 2.75) is 6.04 Å². The van der Waals surface area contributed by atoms with Crippen LogP contribution in [0.1, 0.15) is 16.5 Å². The van der Waals surface area contributed by atoms with Gasteiger partial charge >= 0.3 is 0 Å². The summed E-state index contributed by atoms with van der Waals surface area (Å²) in [6.45, 7) is 4.02. The molecule has 2 aromatic rings. The highest BCUT2D eigenvalue weighted by Crippen LogP contribution is 2.38. The maximum atomic E-state index is 6.18. The smallest absolute Gasteiger partial charge is 0.161 e. The normalized spacial score (nSPS) is 17.0. The minimum atomic E-state index is 0.189. The van der Waals surface area contributed by atoms with Gasteiger partial charge in [0.05, 0.1) is 24.6 Å². The zero-order valence-electron chi connectivity index (χ0n) is 13.3. The number of benzene rings is 1. The molecule has 1 aliphatic heterocycles. The Morgan fingerprint density at radius 2 is 1.83 bits per heavy atom. The summed E-state index contributed by atoms with van der Waals surface area (Å²) in [7, 11) is 3.33. The van der Waals surface area contributed by atoms with Crippen LogP contribution in [0.4, 0.5) is 0 Å². The summed E-state index contributed by atoms with van der Waals surface area (Å²) in [6, 6.07) is 10.4. The van der Waals surface area contributed by atoms with Crippen molar-refractivity contribution in [1.29, 1.82) is 0 Å². The van der Waals surface area contributed by atoms with Crippen LogP contribution in [0.15, 0.2) is 30.3 Å². The molecule has 1 aromatic heterocycles. The first-order chi connectivity index (χ1) is 11.2. The molecule has 0 spiro atoms. The van der Waals surface area contributed by atoms with Crippen molar-refractivity contribution in [1.82, 2.24) is 10.2 Å². The molecule has 1 atom stereocenters. The van der Waals surface area contributed by atoms with E-state index < -0.39 is 0 Å². The highest BCUT2D eigenvalue weighted by Gasteiger charge is 2.26. The highest BCUT2D eigenvalue weighted by molar-refractivity contribution is 7.16. The maximum absolute atomic E-state index is 6.18. The lowest BCUT2D eigenvalue weighted by atomic mass is 10.0. The van der Waals surface area contributed by atoms with Crippen molar-refractivity contribution in [3.05, 3.63) is 45.1 Å². The van der Waals surface area contributed by atoms with Crippen molar-refractivity contribution in [3.8, 4) is 11.5 Å². The Bertz CT molecular complexity index is 656. The quantitative estimate of drug-likeness (QED) is 0.894. The van der Waals surface area contributed by atoms with E-state index in [2.05, 4.69) is 28.4 Å². The fourth-order valence-corrected chi connectivity index (χ4v) is 4.22. The Hall–Kier alpha value is -1.27. The van der Waals surface area contributed by atoms with Crippen LogP contribution in [-0.4, -0.2) is 45.3 Å². The Balaban J connectivity index is 2.00. The molecule has 1 unspecified atom stereocenters. The minimum absolute atomic E-state index is 0.189. The van der Waals surface area contributed by atoms with E-state index in [1.807, 2.05) is 12.1 Å². The van der Waals surface area contributed by atoms with E-state index in [-0.39, 0.29) is 6.04 Å². The molecule has 1 N–H and O–H groups in total. The molecule has 0 aliphatic carbocycles. The van der Waals surface area contributed by atoms with E-state index in [9.17, 15) is 0 Å². The zero-order chi connectivity index (χ0) is 16.2. The first-order valence-corrected chi connectivity index (χ1v) is 8.84. The zero-order valence-corrected chi connectivity index (χ0v) is 14.9. The lowest BCUT2D eigenvalue weighted by Crippen LogP contribution is -2.45. The van der Waals surface area contributed by atoms with Gasteiger partial charge in [0, 0.05) is 31.1 Å². The van der Waals surface area contributed by atoms with Gasteiger partial charge in [0.1, 0.15) is 0 Å². The second-order valence-electron chi connectivity index (χ2n) is 5.44. The van der Waals surface area contributed by atoms with Gasteiger partial charge in [0.2, 0.25) is 0 Å². The SMILES string of the molecule is COc1ccc(C(c2ccc(Cl)s2)N2CCNCC2)cc1OC. The summed E-state index contributed by atoms with van der Waals surface area (Å²) < 4.78 is 11.7. The number of nitrogens with one attached hydrogen (secondary N) is 1. The summed E-state index contributed by atoms with van der Waals surface area (Å²) in [5.74, 6) is 1.51. The second-order valence-corrected chi connectivity index (χ2v) is 7.19. The standard InChI is InChI=1S/C17H21ClN2O2S/c1-21-13-4-3-12(11-14(13)22-2)17(15-5-6-16(18)23-15)20-9-7-19-8-10-20/h3-6,11,17,19H,7-10H2,1-2H3. The summed E-state index contributed by atoms with van der Waals surface area (Å²) >= 11 is 7.82. The molecular weight excluding hydrogens is 332 g/mol. The van der Waals surface area contributed by atoms with Gasteiger partial charge in [0.25, 0.3) is 0 Å². The molecule has 1 saturated heterocycles. The number of rotatable bonds is 5. The van der Waals surface area contributed by atoms with Gasteiger partial charge in [-0.1, -0.05) is 17.7 Å². The number of ether oxygens (including phenoxy) is 2. The van der Waals surface area contributed by atoms with Crippen LogP contribution < -0.4 is 14.8 Å². The molecule has 1 fully saturated rings. The molecule has 3 rings (SSSR count). The van der Waals surface area contributed by atoms with Gasteiger partial charge < -0.3 is 14.8 Å². The van der Waals surface area contributed by atoms with E-state index >= 15 is 0 Å². The maximum Gasteiger partial charge on any atom is 0.161 e. The summed E-state index contributed by atoms with van der Waals surface area (Å²) in [5.41, 5.74) is 1.20. The molecule has 1 aliphatic rings. The number of halogens is 1. The van der Waals surface area contributed by atoms with Crippen molar-refractivity contribution in [2.75, 3.05) is 40.4 Å². The second kappa shape index (κ2) is 7.53. The van der Waals surface area contributed by atoms with Crippen LogP contribution in [0.3, 0.4) is 0 Å². The predicted molar refractivity (Wildman–Crippen MR) is 95.2 cm³/mol. The first-order valence-electron chi connectivity index (χ1n) is 7.65. The third-order valence-corrected chi connectivity index (χ3v) is 5.39. The molecule has 0 saturated carbocycles. The first kappa shape index (κ1) is 16.6. The van der Waals surface area contributed by atoms with E-state index in [0.717, 1.165) is 42.0 Å². The largest absolute Gasteiger partial charge is 0.493 e. The van der Waals surface area contributed by atoms with Gasteiger partial charge in [-0.25, -0.2) is 0 Å². The highest BCUT2D eigenvalue weighted by atomic mass is 35.5. The molecule has 124 valence electrons. The molecule has 6 heteroatoms. The van der Waals surface area contributed by atoms with Crippen LogP contribution in [0.25, 0.3) is 0 Å². The van der Waals surface area contributed by atoms with Crippen LogP contribution in [-0.2, 0) is 0 Å². The monoisotopic (exact) mass is 352 g/mol. The van der Waals surface area contributed by atoms with Crippen LogP contribution >= 0.6 is 22.9 Å². The van der Waals surface area contributed by atoms with Crippen LogP contribution in [0, 0.1) is 0 Å². The Labute approximate surface area is 146 Å². The number of methoxy groups -OCH3 is 2. The lowest BCUT2D eigenvalue weighted by Gasteiger charge is -2.35. The fourth-order valence-electron chi connectivity index (χ4n) is 2.99. The van der Waals surface area contributed by atoms with E-state index in [1.54, 1.807) is 25.6 Å². The molecule has 2 heterocycles. The van der Waals surface area contributed by atoms with Crippen molar-refractivity contribution in [2.24, 2.45) is 0 Å². The van der Waals surface area contributed by atoms with Crippen molar-refractivity contribution in [3.63, 3.8) is 0 Å². The average molecular weight is 353 g/mol. The van der Waals surface area contributed by atoms with Gasteiger partial charge in [-0.05, 0) is 29.8 Å². The van der Waals surface area contributed by atoms with Crippen LogP contribution in [0.2, 0.25) is 4.34 Å². The molecule has 4 nitrogen and oxygen atoms in total. The topological polar surface area (TPSA) is 33.7 Å². The van der Waals surface area contributed by atoms with Crippen LogP contribution in [0.5, 0.6) is 11.5 Å². The van der Waals surface area contributed by atoms with Gasteiger partial charge in [-0.15, -0.1) is 11.3 Å². The molecule has 0 amide bonds. The molecule has 0 bridgehead atoms. The van der Waals surface area contributed by atoms with E-state index in [4.69, 9.17) is 21.1 Å². The third-order valence-electron chi connectivity index (χ3n) is 4.10. The summed E-state index contributed by atoms with van der Waals surface area (Å²) in [4.78, 5) is 3.74. The molecule has 0 radical (unpaired) electrons. The number of piperazine rings is 1. The Morgan fingerprint density at radius 1 is 1.09 bits per heavy atom. The average Bonchev–Trinajstić information content (AvgIpc) is 3.02. The third kappa shape index (κ3) is 3.63. The van der Waals surface area contributed by atoms with E-state index in [1.165, 1.54) is 10.4 Å². The number of hydrogen-bond donors (Lipinski definition) is 1. The summed E-state index contributed by atoms with van der Waals surface area (Å²) in [5, 5.41) is 3.41. The van der Waals surface area contributed by atoms with Crippen molar-refractivity contribution < 1.29 is 9.47 Å². The number of nitrogens with zero attached hydrogens (tertiary/aromatic N) is 1. The molecule has 1 aromatic carbocycles. The summed E-state index contributed by atoms with van der Waals surface area (Å²) in [6.07, 6.45) is 0. The Kier molecular flexibility index (Phi) is 5.43. The van der Waals surface area contributed by atoms with E-state index in [0.29, 0.717) is 0 Å². The number of hydrogen-bond acceptors (Lipinski definition) is 5. The Morgan fingerprint density at radius 3 is 2.43 bits per heavy atom. The predicted octanol–water partition coefficient (Wildman–Crippen LogP) is 3.41. The fraction of sp³-hybridized carbons (Fsp3) is 0.412. The van der Waals surface area contributed by atoms with Crippen molar-refractivity contribution >= 4 is 22.9 Å². The minimum Gasteiger partial charge on any atom is -0.493 e. The number of thiophene rings is 1. The lowest BCUT2D eigenvalue weighted by molar-refractivity contribution is 0.200. The van der Waals surface area contributed by atoms with Gasteiger partial charge in [-0.2, -0.15) is 0 Å². The molecular formula is C17H21ClN2O2S.